The van der Waals surface area contributed by atoms with Crippen molar-refractivity contribution >= 4 is 34.9 Å². The first-order chi connectivity index (χ1) is 21.2. The van der Waals surface area contributed by atoms with Crippen LogP contribution in [-0.2, 0) is 25.6 Å². The zero-order valence-corrected chi connectivity index (χ0v) is 25.7. The number of hydrogen-bond acceptors (Lipinski definition) is 10. The Morgan fingerprint density at radius 2 is 1.76 bits per heavy atom. The van der Waals surface area contributed by atoms with E-state index in [4.69, 9.17) is 5.73 Å². The smallest absolute Gasteiger partial charge is 0.251 e. The van der Waals surface area contributed by atoms with Gasteiger partial charge in [0, 0.05) is 18.0 Å². The molecule has 3 aliphatic carbocycles. The number of benzene rings is 2. The number of ketones is 4. The van der Waals surface area contributed by atoms with Gasteiger partial charge in [0.25, 0.3) is 5.91 Å². The highest BCUT2D eigenvalue weighted by Gasteiger charge is 2.69. The standard InChI is InChI=1S/C33H38N4O8/c1-36(2)12-6-11-35-32(44)17-8-5-7-16(13-17)19-9-10-22(38)24-20(19)14-18-15-21-26(37(3)4)28(40)25(31(34)43)30(42)33(21,45)29(41)23(18)27(24)39/h5,7-10,13,18,21,23,25-26,38,45H,6,11-12,14-15H2,1-4H3,(H2,34,43)(H,35,44)/t18-,21-,23?,25?,26+,33-/m0/s1. The maximum Gasteiger partial charge on any atom is 0.251 e. The van der Waals surface area contributed by atoms with Gasteiger partial charge in [-0.3, -0.25) is 33.7 Å². The number of likely N-dealkylation sites (N-methyl/N-ethyl adjacent to an activating group) is 1. The summed E-state index contributed by atoms with van der Waals surface area (Å²) in [6, 6.07) is 8.67. The summed E-state index contributed by atoms with van der Waals surface area (Å²) >= 11 is 0. The SMILES string of the molecule is CN(C)CCCNC(=O)c1cccc(-c2ccc(O)c3c2C[C@H]2C[C@H]4[C@@H](N(C)C)C(=O)C(C(N)=O)C(=O)[C@@]4(O)C(=O)C2C3=O)c1. The number of hydrogen-bond donors (Lipinski definition) is 4. The molecule has 3 aliphatic rings. The molecule has 12 heteroatoms. The summed E-state index contributed by atoms with van der Waals surface area (Å²) in [7, 11) is 6.98. The molecule has 2 aromatic carbocycles. The largest absolute Gasteiger partial charge is 0.507 e. The van der Waals surface area contributed by atoms with Crippen molar-refractivity contribution in [3.05, 3.63) is 53.1 Å². The van der Waals surface area contributed by atoms with Crippen molar-refractivity contribution in [1.29, 1.82) is 0 Å². The zero-order valence-electron chi connectivity index (χ0n) is 25.7. The predicted molar refractivity (Wildman–Crippen MR) is 162 cm³/mol. The fourth-order valence-corrected chi connectivity index (χ4v) is 7.40. The fraction of sp³-hybridized carbons (Fsp3) is 0.455. The minimum absolute atomic E-state index is 0.0472. The van der Waals surface area contributed by atoms with E-state index in [0.717, 1.165) is 13.0 Å². The van der Waals surface area contributed by atoms with Crippen LogP contribution in [0.3, 0.4) is 0 Å². The van der Waals surface area contributed by atoms with Gasteiger partial charge in [0.05, 0.1) is 17.5 Å². The Bertz CT molecular complexity index is 1620. The molecule has 2 aromatic rings. The van der Waals surface area contributed by atoms with Crippen LogP contribution < -0.4 is 11.1 Å². The van der Waals surface area contributed by atoms with E-state index in [-0.39, 0.29) is 30.1 Å². The Balaban J connectivity index is 1.53. The van der Waals surface area contributed by atoms with E-state index < -0.39 is 64.4 Å². The van der Waals surface area contributed by atoms with Crippen LogP contribution in [0.25, 0.3) is 11.1 Å². The molecule has 6 atom stereocenters. The number of carbonyl (C=O) groups is 6. The van der Waals surface area contributed by atoms with Crippen molar-refractivity contribution in [2.24, 2.45) is 29.4 Å². The molecule has 2 unspecified atom stereocenters. The zero-order chi connectivity index (χ0) is 33.0. The van der Waals surface area contributed by atoms with E-state index in [1.54, 1.807) is 30.3 Å². The number of amides is 2. The molecule has 5 N–H and O–H groups in total. The van der Waals surface area contributed by atoms with E-state index in [0.29, 0.717) is 28.8 Å². The van der Waals surface area contributed by atoms with Gasteiger partial charge in [-0.05, 0) is 94.8 Å². The second kappa shape index (κ2) is 11.9. The molecular weight excluding hydrogens is 580 g/mol. The number of aromatic hydroxyl groups is 1. The number of rotatable bonds is 8. The number of primary amides is 1. The minimum atomic E-state index is -2.78. The Kier molecular flexibility index (Phi) is 8.51. The Morgan fingerprint density at radius 1 is 1.04 bits per heavy atom. The van der Waals surface area contributed by atoms with Crippen molar-refractivity contribution < 1.29 is 39.0 Å². The number of fused-ring (bicyclic) bond motifs is 3. The summed E-state index contributed by atoms with van der Waals surface area (Å²) in [5, 5.41) is 25.5. The van der Waals surface area contributed by atoms with Crippen LogP contribution in [-0.4, -0.2) is 108 Å². The molecule has 0 aliphatic heterocycles. The molecule has 2 amide bonds. The molecule has 0 saturated heterocycles. The van der Waals surface area contributed by atoms with E-state index in [9.17, 15) is 39.0 Å². The van der Waals surface area contributed by atoms with Crippen LogP contribution in [0, 0.1) is 23.7 Å². The number of aliphatic hydroxyl groups is 1. The fourth-order valence-electron chi connectivity index (χ4n) is 7.40. The molecular formula is C33H38N4O8. The average Bonchev–Trinajstić information content (AvgIpc) is 2.96. The third kappa shape index (κ3) is 5.26. The normalized spacial score (nSPS) is 27.7. The van der Waals surface area contributed by atoms with Gasteiger partial charge in [-0.2, -0.15) is 0 Å². The van der Waals surface area contributed by atoms with Crippen LogP contribution in [0.2, 0.25) is 0 Å². The number of Topliss-reactive ketones (excluding diaryl/α,β-unsaturated/α-hetero) is 4. The van der Waals surface area contributed by atoms with Gasteiger partial charge in [0.15, 0.2) is 34.7 Å². The Morgan fingerprint density at radius 3 is 2.40 bits per heavy atom. The quantitative estimate of drug-likeness (QED) is 0.235. The van der Waals surface area contributed by atoms with Crippen molar-refractivity contribution in [3.8, 4) is 16.9 Å². The van der Waals surface area contributed by atoms with Crippen molar-refractivity contribution in [3.63, 3.8) is 0 Å². The monoisotopic (exact) mass is 618 g/mol. The number of nitrogens with one attached hydrogen (secondary N) is 1. The molecule has 0 radical (unpaired) electrons. The summed E-state index contributed by atoms with van der Waals surface area (Å²) in [4.78, 5) is 83.3. The molecule has 45 heavy (non-hydrogen) atoms. The lowest BCUT2D eigenvalue weighted by molar-refractivity contribution is -0.181. The third-order valence-electron chi connectivity index (χ3n) is 9.45. The Labute approximate surface area is 260 Å². The van der Waals surface area contributed by atoms with Crippen LogP contribution >= 0.6 is 0 Å². The summed E-state index contributed by atoms with van der Waals surface area (Å²) in [6.07, 6.45) is 0.851. The van der Waals surface area contributed by atoms with Crippen molar-refractivity contribution in [1.82, 2.24) is 15.1 Å². The van der Waals surface area contributed by atoms with Gasteiger partial charge in [-0.25, -0.2) is 0 Å². The molecule has 2 saturated carbocycles. The number of nitrogens with two attached hydrogens (primary N) is 1. The van der Waals surface area contributed by atoms with Crippen molar-refractivity contribution in [2.75, 3.05) is 41.3 Å². The lowest BCUT2D eigenvalue weighted by Gasteiger charge is -2.52. The van der Waals surface area contributed by atoms with Crippen LogP contribution in [0.1, 0.15) is 39.1 Å². The second-order valence-electron chi connectivity index (χ2n) is 12.8. The van der Waals surface area contributed by atoms with Gasteiger partial charge >= 0.3 is 0 Å². The number of phenolic OH excluding ortho intramolecular Hbond substituents is 1. The Hall–Kier alpha value is -4.26. The maximum atomic E-state index is 14.0. The molecule has 5 rings (SSSR count). The van der Waals surface area contributed by atoms with Gasteiger partial charge < -0.3 is 26.2 Å². The second-order valence-corrected chi connectivity index (χ2v) is 12.8. The average molecular weight is 619 g/mol. The summed E-state index contributed by atoms with van der Waals surface area (Å²) in [6.45, 7) is 1.31. The first-order valence-electron chi connectivity index (χ1n) is 14.9. The topological polar surface area (TPSA) is 187 Å². The number of phenols is 1. The highest BCUT2D eigenvalue weighted by molar-refractivity contribution is 6.32. The van der Waals surface area contributed by atoms with Gasteiger partial charge in [-0.15, -0.1) is 0 Å². The predicted octanol–water partition coefficient (Wildman–Crippen LogP) is 0.216. The highest BCUT2D eigenvalue weighted by atomic mass is 16.3. The third-order valence-corrected chi connectivity index (χ3v) is 9.45. The molecule has 0 heterocycles. The molecule has 0 spiro atoms. The number of carbonyl (C=O) groups excluding carboxylic acids is 6. The molecule has 0 bridgehead atoms. The highest BCUT2D eigenvalue weighted by Crippen LogP contribution is 2.51. The van der Waals surface area contributed by atoms with Crippen molar-refractivity contribution in [2.45, 2.75) is 30.9 Å². The maximum absolute atomic E-state index is 14.0. The van der Waals surface area contributed by atoms with E-state index >= 15 is 0 Å². The molecule has 12 nitrogen and oxygen atoms in total. The summed E-state index contributed by atoms with van der Waals surface area (Å²) < 4.78 is 0. The van der Waals surface area contributed by atoms with Gasteiger partial charge in [0.1, 0.15) is 5.75 Å². The molecule has 2 fully saturated rings. The van der Waals surface area contributed by atoms with Crippen LogP contribution in [0.4, 0.5) is 0 Å². The molecule has 0 aromatic heterocycles. The van der Waals surface area contributed by atoms with Gasteiger partial charge in [0.2, 0.25) is 5.91 Å². The van der Waals surface area contributed by atoms with E-state index in [1.165, 1.54) is 25.1 Å². The number of nitrogens with zero attached hydrogens (tertiary/aromatic N) is 2. The summed E-state index contributed by atoms with van der Waals surface area (Å²) in [5.41, 5.74) is 4.57. The lowest BCUT2D eigenvalue weighted by Crippen LogP contribution is -2.74. The molecule has 238 valence electrons. The first-order valence-corrected chi connectivity index (χ1v) is 14.9. The minimum Gasteiger partial charge on any atom is -0.507 e. The van der Waals surface area contributed by atoms with Crippen LogP contribution in [0.5, 0.6) is 5.75 Å². The van der Waals surface area contributed by atoms with Crippen LogP contribution in [0.15, 0.2) is 36.4 Å². The summed E-state index contributed by atoms with van der Waals surface area (Å²) in [5.74, 6) is -11.3. The first kappa shape index (κ1) is 32.1. The van der Waals surface area contributed by atoms with Gasteiger partial charge in [-0.1, -0.05) is 18.2 Å². The van der Waals surface area contributed by atoms with E-state index in [2.05, 4.69) is 5.32 Å². The lowest BCUT2D eigenvalue weighted by atomic mass is 9.52. The van der Waals surface area contributed by atoms with E-state index in [1.807, 2.05) is 19.0 Å².